The lowest BCUT2D eigenvalue weighted by Crippen LogP contribution is -2.51. The van der Waals surface area contributed by atoms with Crippen molar-refractivity contribution in [2.45, 2.75) is 24.0 Å². The van der Waals surface area contributed by atoms with Gasteiger partial charge in [-0.3, -0.25) is 14.6 Å². The van der Waals surface area contributed by atoms with Crippen molar-refractivity contribution in [3.63, 3.8) is 0 Å². The molecule has 2 aliphatic rings. The standard InChI is InChI=1S/C26H23NO6/c1-15-9-11-17(12-10-15)26-20(16-7-5-4-6-8-16)22(23(28)32-3)25(30,24(26)29)21-18(31-2)13-27-14-19(21)33-26/h4-14,20,22,30H,1-3H3/t20-,22-,25+,26+/m1/s1. The first-order valence-electron chi connectivity index (χ1n) is 10.6. The quantitative estimate of drug-likeness (QED) is 0.617. The molecule has 1 aromatic heterocycles. The number of hydrogen-bond acceptors (Lipinski definition) is 7. The predicted molar refractivity (Wildman–Crippen MR) is 118 cm³/mol. The molecule has 2 heterocycles. The molecule has 1 fully saturated rings. The number of hydrogen-bond donors (Lipinski definition) is 1. The van der Waals surface area contributed by atoms with Gasteiger partial charge in [-0.15, -0.1) is 0 Å². The molecular formula is C26H23NO6. The van der Waals surface area contributed by atoms with Gasteiger partial charge in [0, 0.05) is 5.56 Å². The van der Waals surface area contributed by atoms with E-state index < -0.39 is 34.8 Å². The molecule has 168 valence electrons. The largest absolute Gasteiger partial charge is 0.495 e. The fourth-order valence-electron chi connectivity index (χ4n) is 5.32. The topological polar surface area (TPSA) is 95.0 Å². The molecule has 7 nitrogen and oxygen atoms in total. The van der Waals surface area contributed by atoms with Crippen molar-refractivity contribution in [1.82, 2.24) is 4.98 Å². The molecule has 1 aliphatic heterocycles. The average molecular weight is 445 g/mol. The first-order chi connectivity index (χ1) is 15.9. The lowest BCUT2D eigenvalue weighted by Gasteiger charge is -2.39. The summed E-state index contributed by atoms with van der Waals surface area (Å²) < 4.78 is 17.0. The van der Waals surface area contributed by atoms with Crippen LogP contribution in [0.15, 0.2) is 67.0 Å². The number of ketones is 1. The number of pyridine rings is 1. The first-order valence-corrected chi connectivity index (χ1v) is 10.6. The van der Waals surface area contributed by atoms with E-state index in [0.717, 1.165) is 5.56 Å². The number of aromatic nitrogens is 1. The van der Waals surface area contributed by atoms with Gasteiger partial charge in [-0.25, -0.2) is 0 Å². The Balaban J connectivity index is 1.91. The van der Waals surface area contributed by atoms with Crippen molar-refractivity contribution in [3.05, 3.63) is 89.2 Å². The van der Waals surface area contributed by atoms with Crippen LogP contribution in [0.25, 0.3) is 0 Å². The molecule has 2 bridgehead atoms. The highest BCUT2D eigenvalue weighted by atomic mass is 16.5. The zero-order valence-electron chi connectivity index (χ0n) is 18.4. The van der Waals surface area contributed by atoms with E-state index in [1.54, 1.807) is 12.1 Å². The Morgan fingerprint density at radius 1 is 1.06 bits per heavy atom. The molecular weight excluding hydrogens is 422 g/mol. The highest BCUT2D eigenvalue weighted by Crippen LogP contribution is 2.65. The van der Waals surface area contributed by atoms with Gasteiger partial charge in [0.05, 0.1) is 38.1 Å². The summed E-state index contributed by atoms with van der Waals surface area (Å²) in [6.45, 7) is 1.94. The van der Waals surface area contributed by atoms with Gasteiger partial charge in [0.1, 0.15) is 17.4 Å². The lowest BCUT2D eigenvalue weighted by molar-refractivity contribution is -0.162. The molecule has 1 N–H and O–H groups in total. The normalized spacial score (nSPS) is 27.5. The third kappa shape index (κ3) is 2.69. The SMILES string of the molecule is COC(=O)[C@H]1[C@@H](c2ccccc2)[C@]2(c3ccc(C)cc3)Oc3cncc(OC)c3[C@@]1(O)C2=O. The molecule has 0 amide bonds. The van der Waals surface area contributed by atoms with Crippen molar-refractivity contribution >= 4 is 11.8 Å². The minimum absolute atomic E-state index is 0.0848. The van der Waals surface area contributed by atoms with E-state index in [2.05, 4.69) is 4.98 Å². The molecule has 1 aliphatic carbocycles. The Bertz CT molecular complexity index is 1240. The summed E-state index contributed by atoms with van der Waals surface area (Å²) in [5.74, 6) is -3.17. The molecule has 1 saturated carbocycles. The summed E-state index contributed by atoms with van der Waals surface area (Å²) in [4.78, 5) is 31.7. The number of Topliss-reactive ketones (excluding diaryl/α,β-unsaturated/α-hetero) is 1. The monoisotopic (exact) mass is 445 g/mol. The third-order valence-corrected chi connectivity index (χ3v) is 6.75. The molecule has 0 saturated heterocycles. The van der Waals surface area contributed by atoms with Crippen LogP contribution in [-0.4, -0.2) is 36.1 Å². The Hall–Kier alpha value is -3.71. The van der Waals surface area contributed by atoms with Crippen LogP contribution >= 0.6 is 0 Å². The maximum atomic E-state index is 14.3. The van der Waals surface area contributed by atoms with E-state index in [1.165, 1.54) is 26.6 Å². The molecule has 0 spiro atoms. The number of esters is 1. The van der Waals surface area contributed by atoms with E-state index >= 15 is 0 Å². The fourth-order valence-corrected chi connectivity index (χ4v) is 5.32. The number of nitrogens with zero attached hydrogens (tertiary/aromatic N) is 1. The van der Waals surface area contributed by atoms with Crippen molar-refractivity contribution < 1.29 is 28.9 Å². The van der Waals surface area contributed by atoms with Gasteiger partial charge in [-0.1, -0.05) is 60.2 Å². The number of rotatable bonds is 4. The molecule has 4 atom stereocenters. The van der Waals surface area contributed by atoms with Crippen LogP contribution in [0.1, 0.15) is 28.2 Å². The second-order valence-electron chi connectivity index (χ2n) is 8.40. The van der Waals surface area contributed by atoms with Crippen molar-refractivity contribution in [3.8, 4) is 11.5 Å². The number of ether oxygens (including phenoxy) is 3. The average Bonchev–Trinajstić information content (AvgIpc) is 2.96. The minimum Gasteiger partial charge on any atom is -0.495 e. The summed E-state index contributed by atoms with van der Waals surface area (Å²) in [6, 6.07) is 16.4. The molecule has 5 rings (SSSR count). The van der Waals surface area contributed by atoms with Crippen molar-refractivity contribution in [2.75, 3.05) is 14.2 Å². The van der Waals surface area contributed by atoms with E-state index in [0.29, 0.717) is 11.1 Å². The number of aliphatic hydroxyl groups is 1. The van der Waals surface area contributed by atoms with Gasteiger partial charge >= 0.3 is 5.97 Å². The van der Waals surface area contributed by atoms with E-state index in [9.17, 15) is 14.7 Å². The molecule has 0 unspecified atom stereocenters. The number of carbonyl (C=O) groups excluding carboxylic acids is 2. The van der Waals surface area contributed by atoms with Gasteiger partial charge in [0.15, 0.2) is 5.60 Å². The Kier molecular flexibility index (Phi) is 4.76. The van der Waals surface area contributed by atoms with E-state index in [1.807, 2.05) is 49.4 Å². The molecule has 7 heteroatoms. The number of benzene rings is 2. The predicted octanol–water partition coefficient (Wildman–Crippen LogP) is 3.03. The van der Waals surface area contributed by atoms with Crippen LogP contribution in [0.3, 0.4) is 0 Å². The number of fused-ring (bicyclic) bond motifs is 4. The molecule has 3 aromatic rings. The third-order valence-electron chi connectivity index (χ3n) is 6.75. The Morgan fingerprint density at radius 2 is 1.76 bits per heavy atom. The van der Waals surface area contributed by atoms with Gasteiger partial charge < -0.3 is 19.3 Å². The van der Waals surface area contributed by atoms with Crippen LogP contribution in [0.5, 0.6) is 11.5 Å². The lowest BCUT2D eigenvalue weighted by atomic mass is 9.75. The summed E-state index contributed by atoms with van der Waals surface area (Å²) in [5, 5.41) is 12.2. The maximum Gasteiger partial charge on any atom is 0.313 e. The second kappa shape index (κ2) is 7.42. The Morgan fingerprint density at radius 3 is 2.39 bits per heavy atom. The number of aryl methyl sites for hydroxylation is 1. The van der Waals surface area contributed by atoms with Gasteiger partial charge in [-0.05, 0) is 12.5 Å². The van der Waals surface area contributed by atoms with Gasteiger partial charge in [0.2, 0.25) is 11.4 Å². The molecule has 2 aromatic carbocycles. The number of methoxy groups -OCH3 is 2. The van der Waals surface area contributed by atoms with Crippen LogP contribution < -0.4 is 9.47 Å². The zero-order chi connectivity index (χ0) is 23.4. The summed E-state index contributed by atoms with van der Waals surface area (Å²) in [7, 11) is 2.65. The number of carbonyl (C=O) groups is 2. The van der Waals surface area contributed by atoms with Crippen molar-refractivity contribution in [2.24, 2.45) is 5.92 Å². The smallest absolute Gasteiger partial charge is 0.313 e. The van der Waals surface area contributed by atoms with E-state index in [-0.39, 0.29) is 17.1 Å². The van der Waals surface area contributed by atoms with Crippen molar-refractivity contribution in [1.29, 1.82) is 0 Å². The van der Waals surface area contributed by atoms with Gasteiger partial charge in [-0.2, -0.15) is 0 Å². The Labute approximate surface area is 190 Å². The summed E-state index contributed by atoms with van der Waals surface area (Å²) in [6.07, 6.45) is 2.82. The van der Waals surface area contributed by atoms with Crippen LogP contribution in [0, 0.1) is 12.8 Å². The first kappa shape index (κ1) is 21.2. The molecule has 0 radical (unpaired) electrons. The second-order valence-corrected chi connectivity index (χ2v) is 8.40. The highest BCUT2D eigenvalue weighted by Gasteiger charge is 2.77. The minimum atomic E-state index is -2.25. The van der Waals surface area contributed by atoms with Crippen LogP contribution in [0.4, 0.5) is 0 Å². The zero-order valence-corrected chi connectivity index (χ0v) is 18.4. The van der Waals surface area contributed by atoms with Crippen LogP contribution in [0.2, 0.25) is 0 Å². The highest BCUT2D eigenvalue weighted by molar-refractivity contribution is 6.07. The molecule has 33 heavy (non-hydrogen) atoms. The summed E-state index contributed by atoms with van der Waals surface area (Å²) in [5.41, 5.74) is -1.65. The maximum absolute atomic E-state index is 14.3. The summed E-state index contributed by atoms with van der Waals surface area (Å²) >= 11 is 0. The fraction of sp³-hybridized carbons (Fsp3) is 0.269. The van der Waals surface area contributed by atoms with E-state index in [4.69, 9.17) is 14.2 Å². The van der Waals surface area contributed by atoms with Gasteiger partial charge in [0.25, 0.3) is 0 Å². The van der Waals surface area contributed by atoms with Crippen LogP contribution in [-0.2, 0) is 25.5 Å².